The summed E-state index contributed by atoms with van der Waals surface area (Å²) in [7, 11) is 0. The molecule has 8 heteroatoms. The van der Waals surface area contributed by atoms with Crippen LogP contribution >= 0.6 is 0 Å². The Morgan fingerprint density at radius 2 is 2.33 bits per heavy atom. The Bertz CT molecular complexity index is 820. The van der Waals surface area contributed by atoms with Crippen LogP contribution in [0.1, 0.15) is 18.4 Å². The predicted octanol–water partition coefficient (Wildman–Crippen LogP) is 1.32. The number of aromatic nitrogens is 5. The highest BCUT2D eigenvalue weighted by atomic mass is 16.3. The lowest BCUT2D eigenvalue weighted by Gasteiger charge is -2.21. The van der Waals surface area contributed by atoms with Gasteiger partial charge in [0.1, 0.15) is 11.8 Å². The number of nitrogens with zero attached hydrogens (tertiary/aromatic N) is 5. The zero-order chi connectivity index (χ0) is 16.4. The lowest BCUT2D eigenvalue weighted by molar-refractivity contribution is 0.265. The summed E-state index contributed by atoms with van der Waals surface area (Å²) < 4.78 is 0. The SMILES string of the molecule is OCC1CCCN1c1nc2ncnc(NCc3cccnc3)c2[nH]1. The molecule has 4 heterocycles. The Kier molecular flexibility index (Phi) is 3.96. The third-order valence-corrected chi connectivity index (χ3v) is 4.32. The van der Waals surface area contributed by atoms with Crippen LogP contribution < -0.4 is 10.2 Å². The number of hydrogen-bond acceptors (Lipinski definition) is 7. The van der Waals surface area contributed by atoms with E-state index in [1.54, 1.807) is 6.20 Å². The number of H-pyrrole nitrogens is 1. The molecule has 1 saturated heterocycles. The van der Waals surface area contributed by atoms with E-state index in [9.17, 15) is 5.11 Å². The zero-order valence-corrected chi connectivity index (χ0v) is 13.2. The van der Waals surface area contributed by atoms with E-state index >= 15 is 0 Å². The van der Waals surface area contributed by atoms with Crippen LogP contribution in [0.15, 0.2) is 30.9 Å². The molecule has 8 nitrogen and oxygen atoms in total. The van der Waals surface area contributed by atoms with E-state index in [1.807, 2.05) is 18.3 Å². The predicted molar refractivity (Wildman–Crippen MR) is 90.7 cm³/mol. The van der Waals surface area contributed by atoms with Crippen molar-refractivity contribution in [2.24, 2.45) is 0 Å². The number of rotatable bonds is 5. The van der Waals surface area contributed by atoms with Crippen molar-refractivity contribution in [3.63, 3.8) is 0 Å². The second-order valence-corrected chi connectivity index (χ2v) is 5.87. The van der Waals surface area contributed by atoms with Crippen molar-refractivity contribution in [2.45, 2.75) is 25.4 Å². The van der Waals surface area contributed by atoms with Gasteiger partial charge in [0.25, 0.3) is 0 Å². The largest absolute Gasteiger partial charge is 0.394 e. The molecule has 0 saturated carbocycles. The lowest BCUT2D eigenvalue weighted by Crippen LogP contribution is -2.32. The number of nitrogens with one attached hydrogen (secondary N) is 2. The molecule has 1 fully saturated rings. The third-order valence-electron chi connectivity index (χ3n) is 4.32. The summed E-state index contributed by atoms with van der Waals surface area (Å²) in [5, 5.41) is 12.8. The maximum atomic E-state index is 9.51. The highest BCUT2D eigenvalue weighted by Crippen LogP contribution is 2.26. The van der Waals surface area contributed by atoms with Crippen LogP contribution in [0.25, 0.3) is 11.2 Å². The monoisotopic (exact) mass is 325 g/mol. The fourth-order valence-corrected chi connectivity index (χ4v) is 3.08. The maximum Gasteiger partial charge on any atom is 0.205 e. The van der Waals surface area contributed by atoms with E-state index in [0.29, 0.717) is 18.0 Å². The van der Waals surface area contributed by atoms with Crippen LogP contribution in [0.2, 0.25) is 0 Å². The van der Waals surface area contributed by atoms with Gasteiger partial charge in [-0.25, -0.2) is 9.97 Å². The van der Waals surface area contributed by atoms with Gasteiger partial charge in [-0.05, 0) is 24.5 Å². The molecular weight excluding hydrogens is 306 g/mol. The quantitative estimate of drug-likeness (QED) is 0.650. The molecule has 0 aliphatic carbocycles. The maximum absolute atomic E-state index is 9.51. The number of anilines is 2. The molecule has 124 valence electrons. The van der Waals surface area contributed by atoms with Crippen LogP contribution in [-0.4, -0.2) is 49.2 Å². The van der Waals surface area contributed by atoms with Crippen LogP contribution in [0.4, 0.5) is 11.8 Å². The molecule has 0 amide bonds. The van der Waals surface area contributed by atoms with Gasteiger partial charge in [0, 0.05) is 25.5 Å². The fraction of sp³-hybridized carbons (Fsp3) is 0.375. The molecule has 24 heavy (non-hydrogen) atoms. The topological polar surface area (TPSA) is 103 Å². The summed E-state index contributed by atoms with van der Waals surface area (Å²) in [6, 6.07) is 4.03. The first-order chi connectivity index (χ1) is 11.8. The van der Waals surface area contributed by atoms with Crippen LogP contribution in [0, 0.1) is 0 Å². The van der Waals surface area contributed by atoms with Crippen molar-refractivity contribution < 1.29 is 5.11 Å². The van der Waals surface area contributed by atoms with E-state index in [2.05, 4.69) is 35.1 Å². The summed E-state index contributed by atoms with van der Waals surface area (Å²) in [6.45, 7) is 1.64. The minimum absolute atomic E-state index is 0.116. The zero-order valence-electron chi connectivity index (χ0n) is 13.2. The summed E-state index contributed by atoms with van der Waals surface area (Å²) in [5.41, 5.74) is 2.47. The van der Waals surface area contributed by atoms with Crippen LogP contribution in [-0.2, 0) is 6.54 Å². The highest BCUT2D eigenvalue weighted by molar-refractivity contribution is 5.84. The second-order valence-electron chi connectivity index (χ2n) is 5.87. The van der Waals surface area contributed by atoms with Crippen molar-refractivity contribution in [2.75, 3.05) is 23.4 Å². The molecule has 0 bridgehead atoms. The van der Waals surface area contributed by atoms with E-state index < -0.39 is 0 Å². The first-order valence-electron chi connectivity index (χ1n) is 8.06. The Balaban J connectivity index is 1.60. The number of fused-ring (bicyclic) bond motifs is 1. The van der Waals surface area contributed by atoms with E-state index in [0.717, 1.165) is 36.4 Å². The van der Waals surface area contributed by atoms with Gasteiger partial charge in [-0.3, -0.25) is 4.98 Å². The molecule has 4 rings (SSSR count). The van der Waals surface area contributed by atoms with Gasteiger partial charge in [-0.15, -0.1) is 0 Å². The molecule has 3 N–H and O–H groups in total. The lowest BCUT2D eigenvalue weighted by atomic mass is 10.2. The number of aromatic amines is 1. The highest BCUT2D eigenvalue weighted by Gasteiger charge is 2.26. The normalized spacial score (nSPS) is 17.5. The average molecular weight is 325 g/mol. The van der Waals surface area contributed by atoms with E-state index in [-0.39, 0.29) is 12.6 Å². The molecule has 0 aromatic carbocycles. The van der Waals surface area contributed by atoms with Crippen molar-refractivity contribution in [3.05, 3.63) is 36.4 Å². The van der Waals surface area contributed by atoms with Crippen LogP contribution in [0.5, 0.6) is 0 Å². The fourth-order valence-electron chi connectivity index (χ4n) is 3.08. The van der Waals surface area contributed by atoms with Crippen molar-refractivity contribution >= 4 is 22.9 Å². The molecule has 3 aromatic rings. The van der Waals surface area contributed by atoms with Gasteiger partial charge in [0.05, 0.1) is 12.6 Å². The minimum atomic E-state index is 0.116. The number of pyridine rings is 1. The summed E-state index contributed by atoms with van der Waals surface area (Å²) in [6.07, 6.45) is 7.11. The molecule has 0 radical (unpaired) electrons. The summed E-state index contributed by atoms with van der Waals surface area (Å²) in [4.78, 5) is 22.6. The van der Waals surface area contributed by atoms with Crippen LogP contribution in [0.3, 0.4) is 0 Å². The minimum Gasteiger partial charge on any atom is -0.394 e. The number of aliphatic hydroxyl groups is 1. The van der Waals surface area contributed by atoms with Gasteiger partial charge in [-0.2, -0.15) is 4.98 Å². The Labute approximate surface area is 139 Å². The molecule has 1 aliphatic rings. The number of aliphatic hydroxyl groups excluding tert-OH is 1. The summed E-state index contributed by atoms with van der Waals surface area (Å²) in [5.74, 6) is 1.45. The van der Waals surface area contributed by atoms with Crippen molar-refractivity contribution in [1.29, 1.82) is 0 Å². The van der Waals surface area contributed by atoms with E-state index in [1.165, 1.54) is 6.33 Å². The van der Waals surface area contributed by atoms with Crippen molar-refractivity contribution in [1.82, 2.24) is 24.9 Å². The summed E-state index contributed by atoms with van der Waals surface area (Å²) >= 11 is 0. The van der Waals surface area contributed by atoms with Crippen molar-refractivity contribution in [3.8, 4) is 0 Å². The Hall–Kier alpha value is -2.74. The molecule has 1 unspecified atom stereocenters. The number of imidazole rings is 1. The number of hydrogen-bond donors (Lipinski definition) is 3. The molecular formula is C16H19N7O. The molecule has 3 aromatic heterocycles. The second kappa shape index (κ2) is 6.40. The molecule has 1 aliphatic heterocycles. The Morgan fingerprint density at radius 3 is 3.17 bits per heavy atom. The van der Waals surface area contributed by atoms with Gasteiger partial charge in [-0.1, -0.05) is 6.07 Å². The van der Waals surface area contributed by atoms with Gasteiger partial charge in [0.2, 0.25) is 5.95 Å². The standard InChI is InChI=1S/C16H19N7O/c24-9-12-4-2-6-23(12)16-21-13-14(19-10-20-15(13)22-16)18-8-11-3-1-5-17-7-11/h1,3,5,7,10,12,24H,2,4,6,8-9H2,(H2,18,19,20,21,22). The molecule has 1 atom stereocenters. The third kappa shape index (κ3) is 2.76. The average Bonchev–Trinajstić information content (AvgIpc) is 3.26. The smallest absolute Gasteiger partial charge is 0.205 e. The molecule has 0 spiro atoms. The van der Waals surface area contributed by atoms with Gasteiger partial charge < -0.3 is 20.3 Å². The first-order valence-corrected chi connectivity index (χ1v) is 8.06. The van der Waals surface area contributed by atoms with E-state index in [4.69, 9.17) is 0 Å². The first kappa shape index (κ1) is 14.8. The van der Waals surface area contributed by atoms with Gasteiger partial charge in [0.15, 0.2) is 11.5 Å². The van der Waals surface area contributed by atoms with Gasteiger partial charge >= 0.3 is 0 Å². The Morgan fingerprint density at radius 1 is 1.38 bits per heavy atom.